The number of nitrogens with zero attached hydrogens (tertiary/aromatic N) is 3. The molecule has 1 N–H and O–H groups in total. The number of anilines is 2. The molecular weight excluding hydrogens is 364 g/mol. The van der Waals surface area contributed by atoms with Crippen molar-refractivity contribution in [3.8, 4) is 5.75 Å². The fraction of sp³-hybridized carbons (Fsp3) is 0.263. The van der Waals surface area contributed by atoms with Gasteiger partial charge < -0.3 is 19.9 Å². The first kappa shape index (κ1) is 19.2. The molecular formula is C19H20N4O5. The number of methoxy groups -OCH3 is 1. The smallest absolute Gasteiger partial charge is 0.314 e. The number of ether oxygens (including phenoxy) is 1. The Kier molecular flexibility index (Phi) is 5.73. The van der Waals surface area contributed by atoms with E-state index in [-0.39, 0.29) is 11.4 Å². The molecule has 2 aromatic rings. The van der Waals surface area contributed by atoms with Gasteiger partial charge in [-0.2, -0.15) is 0 Å². The molecule has 2 aromatic carbocycles. The number of piperazine rings is 1. The first-order chi connectivity index (χ1) is 13.5. The van der Waals surface area contributed by atoms with E-state index in [4.69, 9.17) is 4.74 Å². The second-order valence-corrected chi connectivity index (χ2v) is 6.18. The van der Waals surface area contributed by atoms with E-state index in [1.54, 1.807) is 13.2 Å². The Labute approximate surface area is 161 Å². The van der Waals surface area contributed by atoms with Crippen molar-refractivity contribution in [3.63, 3.8) is 0 Å². The zero-order chi connectivity index (χ0) is 20.1. The summed E-state index contributed by atoms with van der Waals surface area (Å²) in [5, 5.41) is 13.4. The summed E-state index contributed by atoms with van der Waals surface area (Å²) in [6.45, 7) is 1.82. The number of carbonyl (C=O) groups excluding carboxylic acids is 2. The average Bonchev–Trinajstić information content (AvgIpc) is 2.73. The van der Waals surface area contributed by atoms with E-state index >= 15 is 0 Å². The van der Waals surface area contributed by atoms with Crippen LogP contribution in [0.25, 0.3) is 0 Å². The average molecular weight is 384 g/mol. The predicted molar refractivity (Wildman–Crippen MR) is 104 cm³/mol. The molecule has 9 nitrogen and oxygen atoms in total. The number of nitrogens with one attached hydrogen (secondary N) is 1. The van der Waals surface area contributed by atoms with Crippen LogP contribution in [0.1, 0.15) is 0 Å². The molecule has 1 fully saturated rings. The highest BCUT2D eigenvalue weighted by Crippen LogP contribution is 2.28. The van der Waals surface area contributed by atoms with Crippen LogP contribution in [0.15, 0.2) is 48.5 Å². The lowest BCUT2D eigenvalue weighted by Gasteiger charge is -2.36. The third-order valence-electron chi connectivity index (χ3n) is 4.54. The molecule has 146 valence electrons. The van der Waals surface area contributed by atoms with Gasteiger partial charge in [-0.3, -0.25) is 19.7 Å². The van der Waals surface area contributed by atoms with Crippen molar-refractivity contribution in [3.05, 3.63) is 58.6 Å². The molecule has 28 heavy (non-hydrogen) atoms. The third kappa shape index (κ3) is 4.03. The first-order valence-corrected chi connectivity index (χ1v) is 8.73. The highest BCUT2D eigenvalue weighted by Gasteiger charge is 2.28. The van der Waals surface area contributed by atoms with Crippen molar-refractivity contribution in [2.75, 3.05) is 43.5 Å². The van der Waals surface area contributed by atoms with E-state index in [2.05, 4.69) is 10.2 Å². The van der Waals surface area contributed by atoms with Crippen molar-refractivity contribution >= 4 is 28.9 Å². The standard InChI is InChI=1S/C19H20N4O5/c1-28-17-9-5-4-8-16(17)21-10-12-22(13-11-21)19(25)18(24)20-14-6-2-3-7-15(14)23(26)27/h2-9H,10-13H2,1H3,(H,20,24). The molecule has 2 amide bonds. The minimum absolute atomic E-state index is 0.00138. The highest BCUT2D eigenvalue weighted by atomic mass is 16.6. The summed E-state index contributed by atoms with van der Waals surface area (Å²) >= 11 is 0. The van der Waals surface area contributed by atoms with Crippen molar-refractivity contribution in [2.24, 2.45) is 0 Å². The fourth-order valence-electron chi connectivity index (χ4n) is 3.10. The van der Waals surface area contributed by atoms with E-state index in [9.17, 15) is 19.7 Å². The Bertz CT molecular complexity index is 893. The maximum Gasteiger partial charge on any atom is 0.314 e. The zero-order valence-corrected chi connectivity index (χ0v) is 15.3. The second-order valence-electron chi connectivity index (χ2n) is 6.18. The second kappa shape index (κ2) is 8.38. The van der Waals surface area contributed by atoms with Crippen LogP contribution in [0.5, 0.6) is 5.75 Å². The Balaban J connectivity index is 1.62. The molecule has 1 aliphatic rings. The van der Waals surface area contributed by atoms with Crippen LogP contribution in [0, 0.1) is 10.1 Å². The van der Waals surface area contributed by atoms with Crippen molar-refractivity contribution < 1.29 is 19.2 Å². The highest BCUT2D eigenvalue weighted by molar-refractivity contribution is 6.39. The molecule has 0 radical (unpaired) electrons. The van der Waals surface area contributed by atoms with Gasteiger partial charge in [-0.05, 0) is 18.2 Å². The van der Waals surface area contributed by atoms with Crippen LogP contribution >= 0.6 is 0 Å². The van der Waals surface area contributed by atoms with Gasteiger partial charge in [-0.1, -0.05) is 24.3 Å². The van der Waals surface area contributed by atoms with Gasteiger partial charge in [0.05, 0.1) is 17.7 Å². The molecule has 0 aliphatic carbocycles. The van der Waals surface area contributed by atoms with Crippen LogP contribution < -0.4 is 15.0 Å². The summed E-state index contributed by atoms with van der Waals surface area (Å²) in [7, 11) is 1.60. The minimum atomic E-state index is -0.889. The van der Waals surface area contributed by atoms with Crippen molar-refractivity contribution in [1.82, 2.24) is 4.90 Å². The predicted octanol–water partition coefficient (Wildman–Crippen LogP) is 1.89. The number of benzene rings is 2. The van der Waals surface area contributed by atoms with Crippen LogP contribution in [0.4, 0.5) is 17.1 Å². The molecule has 1 heterocycles. The summed E-state index contributed by atoms with van der Waals surface area (Å²) in [6, 6.07) is 13.3. The summed E-state index contributed by atoms with van der Waals surface area (Å²) in [5.41, 5.74) is 0.671. The summed E-state index contributed by atoms with van der Waals surface area (Å²) in [4.78, 5) is 38.7. The van der Waals surface area contributed by atoms with Gasteiger partial charge in [0.25, 0.3) is 5.69 Å². The molecule has 1 aliphatic heterocycles. The summed E-state index contributed by atoms with van der Waals surface area (Å²) in [6.07, 6.45) is 0. The van der Waals surface area contributed by atoms with Gasteiger partial charge in [0, 0.05) is 32.2 Å². The van der Waals surface area contributed by atoms with Crippen molar-refractivity contribution in [1.29, 1.82) is 0 Å². The molecule has 9 heteroatoms. The third-order valence-corrected chi connectivity index (χ3v) is 4.54. The van der Waals surface area contributed by atoms with Gasteiger partial charge >= 0.3 is 11.8 Å². The molecule has 0 spiro atoms. The van der Waals surface area contributed by atoms with E-state index in [1.165, 1.54) is 23.1 Å². The maximum atomic E-state index is 12.5. The molecule has 0 aromatic heterocycles. The quantitative estimate of drug-likeness (QED) is 0.490. The Hall–Kier alpha value is -3.62. The number of hydrogen-bond donors (Lipinski definition) is 1. The monoisotopic (exact) mass is 384 g/mol. The Morgan fingerprint density at radius 1 is 1.04 bits per heavy atom. The SMILES string of the molecule is COc1ccccc1N1CCN(C(=O)C(=O)Nc2ccccc2[N+](=O)[O-])CC1. The molecule has 0 bridgehead atoms. The number of nitro benzene ring substituents is 1. The van der Waals surface area contributed by atoms with Crippen molar-refractivity contribution in [2.45, 2.75) is 0 Å². The number of amides is 2. The van der Waals surface area contributed by atoms with Crippen LogP contribution in [0.3, 0.4) is 0 Å². The number of nitro groups is 1. The number of carbonyl (C=O) groups is 2. The summed E-state index contributed by atoms with van der Waals surface area (Å²) < 4.78 is 5.37. The largest absolute Gasteiger partial charge is 0.495 e. The number of para-hydroxylation sites is 4. The Morgan fingerprint density at radius 3 is 2.36 bits per heavy atom. The van der Waals surface area contributed by atoms with E-state index in [0.29, 0.717) is 26.2 Å². The fourth-order valence-corrected chi connectivity index (χ4v) is 3.10. The minimum Gasteiger partial charge on any atom is -0.495 e. The number of hydrogen-bond acceptors (Lipinski definition) is 6. The van der Waals surface area contributed by atoms with Gasteiger partial charge in [0.15, 0.2) is 0 Å². The topological polar surface area (TPSA) is 105 Å². The molecule has 0 atom stereocenters. The van der Waals surface area contributed by atoms with E-state index in [1.807, 2.05) is 24.3 Å². The summed E-state index contributed by atoms with van der Waals surface area (Å²) in [5.74, 6) is -0.853. The first-order valence-electron chi connectivity index (χ1n) is 8.73. The van der Waals surface area contributed by atoms with Gasteiger partial charge in [-0.25, -0.2) is 0 Å². The lowest BCUT2D eigenvalue weighted by atomic mass is 10.2. The number of rotatable bonds is 4. The van der Waals surface area contributed by atoms with Crippen LogP contribution in [-0.4, -0.2) is 54.9 Å². The van der Waals surface area contributed by atoms with Crippen LogP contribution in [-0.2, 0) is 9.59 Å². The lowest BCUT2D eigenvalue weighted by molar-refractivity contribution is -0.383. The maximum absolute atomic E-state index is 12.5. The molecule has 0 saturated carbocycles. The lowest BCUT2D eigenvalue weighted by Crippen LogP contribution is -2.51. The van der Waals surface area contributed by atoms with Gasteiger partial charge in [0.2, 0.25) is 0 Å². The normalized spacial score (nSPS) is 13.8. The molecule has 0 unspecified atom stereocenters. The van der Waals surface area contributed by atoms with Gasteiger partial charge in [0.1, 0.15) is 11.4 Å². The van der Waals surface area contributed by atoms with E-state index < -0.39 is 16.7 Å². The van der Waals surface area contributed by atoms with Gasteiger partial charge in [-0.15, -0.1) is 0 Å². The molecule has 1 saturated heterocycles. The molecule has 3 rings (SSSR count). The zero-order valence-electron chi connectivity index (χ0n) is 15.3. The Morgan fingerprint density at radius 2 is 1.68 bits per heavy atom. The van der Waals surface area contributed by atoms with E-state index in [0.717, 1.165) is 11.4 Å². The van der Waals surface area contributed by atoms with Crippen LogP contribution in [0.2, 0.25) is 0 Å².